The van der Waals surface area contributed by atoms with Gasteiger partial charge in [0.15, 0.2) is 9.47 Å². The second-order valence-electron chi connectivity index (χ2n) is 7.58. The Morgan fingerprint density at radius 3 is 2.55 bits per heavy atom. The van der Waals surface area contributed by atoms with E-state index in [1.807, 2.05) is 12.1 Å². The number of benzene rings is 1. The monoisotopic (exact) mass is 594 g/mol. The second kappa shape index (κ2) is 9.44. The highest BCUT2D eigenvalue weighted by Crippen LogP contribution is 2.32. The minimum absolute atomic E-state index is 0.273. The van der Waals surface area contributed by atoms with Crippen LogP contribution in [0.2, 0.25) is 0 Å². The summed E-state index contributed by atoms with van der Waals surface area (Å²) in [4.78, 5) is 31.7. The molecule has 3 heterocycles. The number of furan rings is 1. The van der Waals surface area contributed by atoms with E-state index in [4.69, 9.17) is 13.9 Å². The summed E-state index contributed by atoms with van der Waals surface area (Å²) >= 11 is 7.92. The number of thiazole rings is 1. The summed E-state index contributed by atoms with van der Waals surface area (Å²) in [6.45, 7) is 5.32. The molecule has 3 aromatic rings. The van der Waals surface area contributed by atoms with Crippen molar-refractivity contribution < 1.29 is 18.7 Å². The van der Waals surface area contributed by atoms with Crippen molar-refractivity contribution in [3.05, 3.63) is 81.8 Å². The second-order valence-corrected chi connectivity index (χ2v) is 10.2. The number of fused-ring (bicyclic) bond motifs is 1. The van der Waals surface area contributed by atoms with Crippen LogP contribution in [0.4, 0.5) is 0 Å². The van der Waals surface area contributed by atoms with Gasteiger partial charge in [-0.1, -0.05) is 23.5 Å². The van der Waals surface area contributed by atoms with Crippen LogP contribution in [-0.2, 0) is 9.53 Å². The molecule has 0 saturated heterocycles. The third kappa shape index (κ3) is 4.64. The number of methoxy groups -OCH3 is 1. The van der Waals surface area contributed by atoms with Crippen LogP contribution in [0.5, 0.6) is 5.75 Å². The zero-order valence-corrected chi connectivity index (χ0v) is 22.2. The first-order valence-electron chi connectivity index (χ1n) is 10.0. The molecule has 2 aromatic heterocycles. The molecular formula is C23H20Br2N2O5S. The Morgan fingerprint density at radius 2 is 1.97 bits per heavy atom. The summed E-state index contributed by atoms with van der Waals surface area (Å²) < 4.78 is 19.6. The number of hydrogen-bond acceptors (Lipinski definition) is 7. The third-order valence-electron chi connectivity index (χ3n) is 4.95. The minimum atomic E-state index is -0.685. The van der Waals surface area contributed by atoms with Crippen molar-refractivity contribution in [3.8, 4) is 5.75 Å². The molecule has 0 fully saturated rings. The third-order valence-corrected chi connectivity index (χ3v) is 7.65. The maximum absolute atomic E-state index is 13.5. The zero-order valence-electron chi connectivity index (χ0n) is 18.2. The topological polar surface area (TPSA) is 83.0 Å². The number of esters is 1. The Bertz CT molecular complexity index is 1410. The van der Waals surface area contributed by atoms with Crippen LogP contribution in [0.25, 0.3) is 6.08 Å². The van der Waals surface area contributed by atoms with Gasteiger partial charge >= 0.3 is 5.97 Å². The van der Waals surface area contributed by atoms with Crippen LogP contribution in [0.1, 0.15) is 38.1 Å². The fourth-order valence-electron chi connectivity index (χ4n) is 3.53. The van der Waals surface area contributed by atoms with Gasteiger partial charge < -0.3 is 13.9 Å². The number of rotatable bonds is 5. The maximum atomic E-state index is 13.5. The van der Waals surface area contributed by atoms with Gasteiger partial charge in [-0.15, -0.1) is 0 Å². The van der Waals surface area contributed by atoms with Gasteiger partial charge in [-0.05, 0) is 76.4 Å². The molecule has 0 N–H and O–H groups in total. The van der Waals surface area contributed by atoms with Gasteiger partial charge in [0.2, 0.25) is 0 Å². The number of aromatic nitrogens is 1. The fraction of sp³-hybridized carbons (Fsp3) is 0.261. The molecule has 33 heavy (non-hydrogen) atoms. The minimum Gasteiger partial charge on any atom is -0.497 e. The Hall–Kier alpha value is -2.43. The van der Waals surface area contributed by atoms with Crippen LogP contribution in [0.15, 0.2) is 64.9 Å². The molecule has 0 radical (unpaired) electrons. The van der Waals surface area contributed by atoms with Crippen molar-refractivity contribution in [1.29, 1.82) is 0 Å². The van der Waals surface area contributed by atoms with Crippen LogP contribution in [-0.4, -0.2) is 23.8 Å². The molecule has 4 rings (SSSR count). The number of halogens is 2. The van der Waals surface area contributed by atoms with E-state index < -0.39 is 12.0 Å². The molecule has 0 aliphatic carbocycles. The number of nitrogens with zero attached hydrogens (tertiary/aromatic N) is 2. The van der Waals surface area contributed by atoms with E-state index >= 15 is 0 Å². The molecule has 0 saturated carbocycles. The van der Waals surface area contributed by atoms with Crippen molar-refractivity contribution in [2.75, 3.05) is 7.11 Å². The van der Waals surface area contributed by atoms with Crippen LogP contribution >= 0.6 is 43.2 Å². The Labute approximate surface area is 210 Å². The fourth-order valence-corrected chi connectivity index (χ4v) is 5.16. The lowest BCUT2D eigenvalue weighted by Crippen LogP contribution is -2.40. The van der Waals surface area contributed by atoms with Crippen LogP contribution < -0.4 is 19.6 Å². The van der Waals surface area contributed by atoms with Crippen molar-refractivity contribution >= 4 is 55.2 Å². The molecule has 7 nitrogen and oxygen atoms in total. The van der Waals surface area contributed by atoms with E-state index in [9.17, 15) is 9.59 Å². The molecule has 0 bridgehead atoms. The van der Waals surface area contributed by atoms with Gasteiger partial charge in [0, 0.05) is 6.08 Å². The smallest absolute Gasteiger partial charge is 0.338 e. The summed E-state index contributed by atoms with van der Waals surface area (Å²) in [5.41, 5.74) is 1.32. The summed E-state index contributed by atoms with van der Waals surface area (Å²) in [6, 6.07) is 8.34. The molecular weight excluding hydrogens is 576 g/mol. The van der Waals surface area contributed by atoms with Crippen molar-refractivity contribution in [2.24, 2.45) is 4.99 Å². The highest BCUT2D eigenvalue weighted by atomic mass is 79.9. The summed E-state index contributed by atoms with van der Waals surface area (Å²) in [6.07, 6.45) is 1.35. The van der Waals surface area contributed by atoms with Gasteiger partial charge in [0.25, 0.3) is 5.56 Å². The van der Waals surface area contributed by atoms with E-state index in [0.29, 0.717) is 36.8 Å². The summed E-state index contributed by atoms with van der Waals surface area (Å²) in [7, 11) is 1.58. The zero-order chi connectivity index (χ0) is 23.9. The first-order valence-corrected chi connectivity index (χ1v) is 12.4. The lowest BCUT2D eigenvalue weighted by molar-refractivity contribution is -0.143. The van der Waals surface area contributed by atoms with E-state index in [0.717, 1.165) is 10.0 Å². The molecule has 1 atom stereocenters. The predicted octanol–water partition coefficient (Wildman–Crippen LogP) is 4.31. The van der Waals surface area contributed by atoms with Gasteiger partial charge in [0.05, 0.1) is 39.5 Å². The molecule has 172 valence electrons. The summed E-state index contributed by atoms with van der Waals surface area (Å²) in [5, 5.41) is 0. The number of hydrogen-bond donors (Lipinski definition) is 0. The molecule has 1 aliphatic rings. The molecule has 0 unspecified atom stereocenters. The standard InChI is InChI=1S/C23H20Br2N2O5S/c1-11(2)31-22(29)18-12(3)26-23-27(19(18)13-5-7-14(30-4)8-6-13)21(28)17(33-23)10-15-9-16(24)20(25)32-15/h5-11,19H,1-4H3/b17-10+/t19-/m0/s1. The van der Waals surface area contributed by atoms with E-state index in [-0.39, 0.29) is 11.7 Å². The lowest BCUT2D eigenvalue weighted by Gasteiger charge is -2.25. The van der Waals surface area contributed by atoms with Gasteiger partial charge in [0.1, 0.15) is 11.5 Å². The van der Waals surface area contributed by atoms with Crippen LogP contribution in [0.3, 0.4) is 0 Å². The Balaban J connectivity index is 1.93. The normalized spacial score (nSPS) is 16.1. The largest absolute Gasteiger partial charge is 0.497 e. The van der Waals surface area contributed by atoms with Crippen molar-refractivity contribution in [1.82, 2.24) is 4.57 Å². The van der Waals surface area contributed by atoms with E-state index in [2.05, 4.69) is 36.9 Å². The molecule has 1 aromatic carbocycles. The van der Waals surface area contributed by atoms with Gasteiger partial charge in [-0.25, -0.2) is 9.79 Å². The number of carbonyl (C=O) groups is 1. The van der Waals surface area contributed by atoms with E-state index in [1.165, 1.54) is 15.9 Å². The lowest BCUT2D eigenvalue weighted by atomic mass is 9.96. The maximum Gasteiger partial charge on any atom is 0.338 e. The first kappa shape index (κ1) is 23.7. The quantitative estimate of drug-likeness (QED) is 0.411. The van der Waals surface area contributed by atoms with Crippen LogP contribution in [0, 0.1) is 0 Å². The average molecular weight is 596 g/mol. The highest BCUT2D eigenvalue weighted by Gasteiger charge is 2.33. The number of carbonyl (C=O) groups excluding carboxylic acids is 1. The highest BCUT2D eigenvalue weighted by molar-refractivity contribution is 9.13. The number of allylic oxidation sites excluding steroid dienone is 1. The Kier molecular flexibility index (Phi) is 6.78. The summed E-state index contributed by atoms with van der Waals surface area (Å²) in [5.74, 6) is 0.683. The Morgan fingerprint density at radius 1 is 1.27 bits per heavy atom. The molecule has 0 amide bonds. The molecule has 10 heteroatoms. The molecule has 0 spiro atoms. The van der Waals surface area contributed by atoms with Gasteiger partial charge in [-0.2, -0.15) is 0 Å². The van der Waals surface area contributed by atoms with E-state index in [1.54, 1.807) is 52.2 Å². The predicted molar refractivity (Wildman–Crippen MR) is 132 cm³/mol. The average Bonchev–Trinajstić information content (AvgIpc) is 3.24. The van der Waals surface area contributed by atoms with Crippen molar-refractivity contribution in [3.63, 3.8) is 0 Å². The van der Waals surface area contributed by atoms with Crippen molar-refractivity contribution in [2.45, 2.75) is 32.9 Å². The first-order chi connectivity index (χ1) is 15.7. The van der Waals surface area contributed by atoms with Gasteiger partial charge in [-0.3, -0.25) is 9.36 Å². The SMILES string of the molecule is COc1ccc([C@H]2C(C(=O)OC(C)C)=C(C)N=c3s/c(=C/c4cc(Br)c(Br)o4)c(=O)n32)cc1. The molecule has 1 aliphatic heterocycles. The number of ether oxygens (including phenoxy) is 2.